The molecule has 0 bridgehead atoms. The maximum Gasteiger partial charge on any atom is 0.315 e. The van der Waals surface area contributed by atoms with Crippen LogP contribution in [0.3, 0.4) is 0 Å². The Kier molecular flexibility index (Phi) is 12.9. The highest BCUT2D eigenvalue weighted by Gasteiger charge is 2.42. The van der Waals surface area contributed by atoms with Gasteiger partial charge in [0.25, 0.3) is 0 Å². The number of benzene rings is 1. The number of hydrogen-bond acceptors (Lipinski definition) is 7. The highest BCUT2D eigenvalue weighted by atomic mass is 32.2. The van der Waals surface area contributed by atoms with Crippen molar-refractivity contribution in [2.75, 3.05) is 30.3 Å². The predicted octanol–water partition coefficient (Wildman–Crippen LogP) is 1.89. The van der Waals surface area contributed by atoms with Crippen molar-refractivity contribution in [3.63, 3.8) is 0 Å². The number of nitrogens with zero attached hydrogens (tertiary/aromatic N) is 1. The fourth-order valence-electron chi connectivity index (χ4n) is 4.74. The monoisotopic (exact) mass is 576 g/mol. The smallest absolute Gasteiger partial charge is 0.315 e. The lowest BCUT2D eigenvalue weighted by atomic mass is 10.0. The Hall–Kier alpha value is -2.99. The summed E-state index contributed by atoms with van der Waals surface area (Å²) in [5.74, 6) is 1.26. The number of fused-ring (bicyclic) bond motifs is 1. The standard InChI is InChI=1S/C28H44N6O5S/c1-19(29)20(2)39-23-11-5-4-10-22(23)34(18-35)16-26(37)31-15-9-3-8-14-30-25(36)13-7-6-12-24-27-21(17-40-24)32-28(38)33-27/h4-5,10-11,18-21,24,27H,3,6-9,12-17,29H2,1-2H3,(H,30,36)(H,31,37)(H2,32,33,38)/t19?,20?,21-,24?,27-/m0/s1. The van der Waals surface area contributed by atoms with E-state index in [-0.39, 0.29) is 48.6 Å². The molecule has 5 atom stereocenters. The Bertz CT molecular complexity index is 996. The predicted molar refractivity (Wildman–Crippen MR) is 157 cm³/mol. The summed E-state index contributed by atoms with van der Waals surface area (Å²) in [6, 6.07) is 7.27. The number of carbonyl (C=O) groups is 4. The third kappa shape index (κ3) is 9.88. The Morgan fingerprint density at radius 1 is 1.10 bits per heavy atom. The molecule has 2 aliphatic rings. The number of unbranched alkanes of at least 4 members (excludes halogenated alkanes) is 3. The van der Waals surface area contributed by atoms with Gasteiger partial charge in [-0.1, -0.05) is 18.6 Å². The average molecular weight is 577 g/mol. The van der Waals surface area contributed by atoms with Crippen LogP contribution in [0.5, 0.6) is 5.75 Å². The van der Waals surface area contributed by atoms with Crippen molar-refractivity contribution in [1.29, 1.82) is 0 Å². The van der Waals surface area contributed by atoms with Crippen LogP contribution in [0, 0.1) is 0 Å². The summed E-state index contributed by atoms with van der Waals surface area (Å²) in [7, 11) is 0. The van der Waals surface area contributed by atoms with E-state index in [0.29, 0.717) is 42.6 Å². The number of amides is 5. The molecule has 2 aliphatic heterocycles. The van der Waals surface area contributed by atoms with Crippen molar-refractivity contribution in [3.05, 3.63) is 24.3 Å². The zero-order chi connectivity index (χ0) is 28.9. The molecule has 3 rings (SSSR count). The average Bonchev–Trinajstić information content (AvgIpc) is 3.48. The normalized spacial score (nSPS) is 21.0. The summed E-state index contributed by atoms with van der Waals surface area (Å²) in [5.41, 5.74) is 6.41. The van der Waals surface area contributed by atoms with Crippen LogP contribution in [0.1, 0.15) is 58.8 Å². The number of rotatable bonds is 18. The molecular weight excluding hydrogens is 532 g/mol. The minimum atomic E-state index is -0.256. The fraction of sp³-hybridized carbons (Fsp3) is 0.643. The van der Waals surface area contributed by atoms with Gasteiger partial charge in [-0.25, -0.2) is 4.79 Å². The zero-order valence-electron chi connectivity index (χ0n) is 23.5. The van der Waals surface area contributed by atoms with Gasteiger partial charge in [0.2, 0.25) is 18.2 Å². The third-order valence-electron chi connectivity index (χ3n) is 7.25. The van der Waals surface area contributed by atoms with Gasteiger partial charge in [0.1, 0.15) is 18.4 Å². The molecular formula is C28H44N6O5S. The van der Waals surface area contributed by atoms with Crippen LogP contribution in [-0.4, -0.2) is 79.1 Å². The van der Waals surface area contributed by atoms with E-state index in [1.54, 1.807) is 24.3 Å². The van der Waals surface area contributed by atoms with Gasteiger partial charge >= 0.3 is 6.03 Å². The lowest BCUT2D eigenvalue weighted by Crippen LogP contribution is -2.38. The Morgan fingerprint density at radius 2 is 1.82 bits per heavy atom. The zero-order valence-corrected chi connectivity index (χ0v) is 24.3. The second-order valence-electron chi connectivity index (χ2n) is 10.5. The quantitative estimate of drug-likeness (QED) is 0.102. The molecule has 0 radical (unpaired) electrons. The number of thioether (sulfide) groups is 1. The first kappa shape index (κ1) is 31.5. The summed E-state index contributed by atoms with van der Waals surface area (Å²) in [4.78, 5) is 49.1. The molecule has 0 saturated carbocycles. The molecule has 0 aromatic heterocycles. The largest absolute Gasteiger partial charge is 0.487 e. The molecule has 3 unspecified atom stereocenters. The number of urea groups is 1. The molecule has 12 heteroatoms. The molecule has 0 spiro atoms. The number of hydrogen-bond donors (Lipinski definition) is 5. The fourth-order valence-corrected chi connectivity index (χ4v) is 6.28. The van der Waals surface area contributed by atoms with Gasteiger partial charge in [0, 0.05) is 36.6 Å². The van der Waals surface area contributed by atoms with Gasteiger partial charge < -0.3 is 36.6 Å². The number of para-hydroxylation sites is 2. The highest BCUT2D eigenvalue weighted by molar-refractivity contribution is 8.00. The molecule has 6 N–H and O–H groups in total. The summed E-state index contributed by atoms with van der Waals surface area (Å²) in [6.07, 6.45) is 6.17. The SMILES string of the molecule is CC(N)C(C)Oc1ccccc1N(C=O)CC(=O)NCCCCCNC(=O)CCCCC1SC[C@@H]2NC(=O)N[C@H]12. The molecule has 2 heterocycles. The van der Waals surface area contributed by atoms with E-state index in [9.17, 15) is 19.2 Å². The maximum absolute atomic E-state index is 12.4. The van der Waals surface area contributed by atoms with Crippen LogP contribution in [0.15, 0.2) is 24.3 Å². The maximum atomic E-state index is 12.4. The second kappa shape index (κ2) is 16.3. The van der Waals surface area contributed by atoms with E-state index in [1.807, 2.05) is 25.6 Å². The third-order valence-corrected chi connectivity index (χ3v) is 8.76. The summed E-state index contributed by atoms with van der Waals surface area (Å²) in [5, 5.41) is 12.2. The molecule has 5 amide bonds. The Morgan fingerprint density at radius 3 is 2.55 bits per heavy atom. The van der Waals surface area contributed by atoms with Crippen LogP contribution in [0.2, 0.25) is 0 Å². The van der Waals surface area contributed by atoms with Crippen molar-refractivity contribution >= 4 is 41.7 Å². The van der Waals surface area contributed by atoms with E-state index < -0.39 is 0 Å². The van der Waals surface area contributed by atoms with Crippen molar-refractivity contribution in [3.8, 4) is 5.75 Å². The van der Waals surface area contributed by atoms with Crippen molar-refractivity contribution in [2.45, 2.75) is 88.3 Å². The van der Waals surface area contributed by atoms with Gasteiger partial charge in [-0.05, 0) is 58.1 Å². The molecule has 2 saturated heterocycles. The van der Waals surface area contributed by atoms with Crippen molar-refractivity contribution < 1.29 is 23.9 Å². The minimum Gasteiger partial charge on any atom is -0.487 e. The number of ether oxygens (including phenoxy) is 1. The van der Waals surface area contributed by atoms with E-state index in [4.69, 9.17) is 10.5 Å². The van der Waals surface area contributed by atoms with Crippen molar-refractivity contribution in [1.82, 2.24) is 21.3 Å². The lowest BCUT2D eigenvalue weighted by Gasteiger charge is -2.24. The summed E-state index contributed by atoms with van der Waals surface area (Å²) in [6.45, 7) is 4.70. The molecule has 0 aliphatic carbocycles. The van der Waals surface area contributed by atoms with Gasteiger partial charge in [-0.15, -0.1) is 0 Å². The Balaban J connectivity index is 1.22. The Labute approximate surface area is 241 Å². The van der Waals surface area contributed by atoms with Crippen LogP contribution < -0.4 is 36.6 Å². The molecule has 1 aromatic carbocycles. The first-order chi connectivity index (χ1) is 19.3. The first-order valence-corrected chi connectivity index (χ1v) is 15.3. The highest BCUT2D eigenvalue weighted by Crippen LogP contribution is 2.33. The van der Waals surface area contributed by atoms with E-state index in [0.717, 1.165) is 44.3 Å². The first-order valence-electron chi connectivity index (χ1n) is 14.2. The van der Waals surface area contributed by atoms with Crippen LogP contribution in [0.25, 0.3) is 0 Å². The number of anilines is 1. The number of nitrogens with one attached hydrogen (secondary N) is 4. The number of nitrogens with two attached hydrogens (primary N) is 1. The molecule has 2 fully saturated rings. The lowest BCUT2D eigenvalue weighted by molar-refractivity contribution is -0.121. The molecule has 40 heavy (non-hydrogen) atoms. The van der Waals surface area contributed by atoms with Crippen molar-refractivity contribution in [2.24, 2.45) is 5.73 Å². The number of carbonyl (C=O) groups excluding carboxylic acids is 4. The van der Waals surface area contributed by atoms with Gasteiger partial charge in [-0.2, -0.15) is 11.8 Å². The molecule has 222 valence electrons. The second-order valence-corrected chi connectivity index (χ2v) is 11.8. The van der Waals surface area contributed by atoms with E-state index in [1.165, 1.54) is 4.90 Å². The van der Waals surface area contributed by atoms with E-state index >= 15 is 0 Å². The van der Waals surface area contributed by atoms with Crippen LogP contribution in [-0.2, 0) is 14.4 Å². The van der Waals surface area contributed by atoms with Crippen LogP contribution in [0.4, 0.5) is 10.5 Å². The van der Waals surface area contributed by atoms with Gasteiger partial charge in [0.05, 0.1) is 17.8 Å². The topological polar surface area (TPSA) is 155 Å². The van der Waals surface area contributed by atoms with Gasteiger partial charge in [-0.3, -0.25) is 14.4 Å². The molecule has 11 nitrogen and oxygen atoms in total. The summed E-state index contributed by atoms with van der Waals surface area (Å²) < 4.78 is 5.89. The minimum absolute atomic E-state index is 0.0645. The summed E-state index contributed by atoms with van der Waals surface area (Å²) >= 11 is 1.90. The van der Waals surface area contributed by atoms with E-state index in [2.05, 4.69) is 21.3 Å². The molecule has 1 aromatic rings. The van der Waals surface area contributed by atoms with Crippen LogP contribution >= 0.6 is 11.8 Å². The van der Waals surface area contributed by atoms with Gasteiger partial charge in [0.15, 0.2) is 0 Å².